The van der Waals surface area contributed by atoms with E-state index in [4.69, 9.17) is 5.11 Å². The average Bonchev–Trinajstić information content (AvgIpc) is 2.38. The molecule has 1 heterocycles. The molecule has 18 heavy (non-hydrogen) atoms. The van der Waals surface area contributed by atoms with Crippen LogP contribution < -0.4 is 10.2 Å². The largest absolute Gasteiger partial charge is 0.396 e. The summed E-state index contributed by atoms with van der Waals surface area (Å²) in [6.45, 7) is 9.00. The second kappa shape index (κ2) is 8.00. The Morgan fingerprint density at radius 2 is 2.00 bits per heavy atom. The maximum atomic E-state index is 8.91. The minimum absolute atomic E-state index is 0.196. The van der Waals surface area contributed by atoms with Gasteiger partial charge in [0, 0.05) is 43.7 Å². The molecule has 0 bridgehead atoms. The molecule has 0 radical (unpaired) electrons. The quantitative estimate of drug-likeness (QED) is 0.727. The summed E-state index contributed by atoms with van der Waals surface area (Å²) in [5, 5.41) is 12.2. The number of hydrogen-bond acceptors (Lipinski definition) is 5. The Balaban J connectivity index is 2.67. The third-order valence-electron chi connectivity index (χ3n) is 2.71. The SMILES string of the molecule is CCNCc1cnc(N(CCCO)C(C)C)nc1. The van der Waals surface area contributed by atoms with Crippen LogP contribution >= 0.6 is 0 Å². The lowest BCUT2D eigenvalue weighted by molar-refractivity contribution is 0.288. The summed E-state index contributed by atoms with van der Waals surface area (Å²) in [7, 11) is 0. The van der Waals surface area contributed by atoms with E-state index in [0.717, 1.165) is 37.6 Å². The van der Waals surface area contributed by atoms with Crippen LogP contribution in [-0.2, 0) is 6.54 Å². The topological polar surface area (TPSA) is 61.3 Å². The van der Waals surface area contributed by atoms with Crippen molar-refractivity contribution in [2.24, 2.45) is 0 Å². The highest BCUT2D eigenvalue weighted by molar-refractivity contribution is 5.31. The van der Waals surface area contributed by atoms with Crippen LogP contribution in [0.4, 0.5) is 5.95 Å². The van der Waals surface area contributed by atoms with Crippen LogP contribution in [0.1, 0.15) is 32.8 Å². The van der Waals surface area contributed by atoms with Crippen LogP contribution in [0.25, 0.3) is 0 Å². The lowest BCUT2D eigenvalue weighted by Crippen LogP contribution is -2.33. The first-order valence-corrected chi connectivity index (χ1v) is 6.58. The summed E-state index contributed by atoms with van der Waals surface area (Å²) in [6.07, 6.45) is 4.46. The van der Waals surface area contributed by atoms with Crippen molar-refractivity contribution in [2.75, 3.05) is 24.6 Å². The van der Waals surface area contributed by atoms with Gasteiger partial charge in [0.15, 0.2) is 0 Å². The van der Waals surface area contributed by atoms with Crippen molar-refractivity contribution in [3.63, 3.8) is 0 Å². The maximum absolute atomic E-state index is 8.91. The van der Waals surface area contributed by atoms with Crippen molar-refractivity contribution in [1.82, 2.24) is 15.3 Å². The fourth-order valence-corrected chi connectivity index (χ4v) is 1.69. The lowest BCUT2D eigenvalue weighted by atomic mass is 10.3. The molecule has 0 fully saturated rings. The molecule has 0 saturated heterocycles. The molecule has 1 rings (SSSR count). The second-order valence-corrected chi connectivity index (χ2v) is 4.54. The molecule has 2 N–H and O–H groups in total. The molecule has 0 saturated carbocycles. The molecule has 5 nitrogen and oxygen atoms in total. The predicted molar refractivity (Wildman–Crippen MR) is 73.6 cm³/mol. The van der Waals surface area contributed by atoms with Crippen molar-refractivity contribution in [1.29, 1.82) is 0 Å². The standard InChI is InChI=1S/C13H24N4O/c1-4-14-8-12-9-15-13(16-10-12)17(11(2)3)6-5-7-18/h9-11,14,18H,4-8H2,1-3H3. The Kier molecular flexibility index (Phi) is 6.60. The van der Waals surface area contributed by atoms with E-state index in [9.17, 15) is 0 Å². The summed E-state index contributed by atoms with van der Waals surface area (Å²) in [5.74, 6) is 0.735. The van der Waals surface area contributed by atoms with Gasteiger partial charge < -0.3 is 15.3 Å². The molecule has 0 amide bonds. The van der Waals surface area contributed by atoms with E-state index in [2.05, 4.69) is 41.0 Å². The number of nitrogens with one attached hydrogen (secondary N) is 1. The number of hydrogen-bond donors (Lipinski definition) is 2. The zero-order valence-electron chi connectivity index (χ0n) is 11.6. The van der Waals surface area contributed by atoms with Gasteiger partial charge in [-0.15, -0.1) is 0 Å². The summed E-state index contributed by atoms with van der Waals surface area (Å²) < 4.78 is 0. The Labute approximate surface area is 109 Å². The van der Waals surface area contributed by atoms with Crippen molar-refractivity contribution in [2.45, 2.75) is 39.8 Å². The summed E-state index contributed by atoms with van der Waals surface area (Å²) in [4.78, 5) is 10.9. The van der Waals surface area contributed by atoms with Gasteiger partial charge in [0.1, 0.15) is 0 Å². The van der Waals surface area contributed by atoms with E-state index in [1.54, 1.807) is 0 Å². The molecule has 0 aliphatic carbocycles. The highest BCUT2D eigenvalue weighted by atomic mass is 16.3. The molecule has 0 spiro atoms. The molecule has 0 aromatic carbocycles. The van der Waals surface area contributed by atoms with E-state index in [1.807, 2.05) is 12.4 Å². The Morgan fingerprint density at radius 3 is 2.50 bits per heavy atom. The number of anilines is 1. The first-order valence-electron chi connectivity index (χ1n) is 6.58. The van der Waals surface area contributed by atoms with Crippen LogP contribution in [0, 0.1) is 0 Å². The van der Waals surface area contributed by atoms with Crippen molar-refractivity contribution in [3.05, 3.63) is 18.0 Å². The smallest absolute Gasteiger partial charge is 0.225 e. The minimum Gasteiger partial charge on any atom is -0.396 e. The van der Waals surface area contributed by atoms with Crippen LogP contribution in [0.5, 0.6) is 0 Å². The zero-order chi connectivity index (χ0) is 13.4. The first kappa shape index (κ1) is 14.9. The van der Waals surface area contributed by atoms with Gasteiger partial charge in [-0.2, -0.15) is 0 Å². The van der Waals surface area contributed by atoms with E-state index >= 15 is 0 Å². The molecule has 5 heteroatoms. The highest BCUT2D eigenvalue weighted by Gasteiger charge is 2.12. The maximum Gasteiger partial charge on any atom is 0.225 e. The molecule has 102 valence electrons. The monoisotopic (exact) mass is 252 g/mol. The normalized spacial score (nSPS) is 10.9. The van der Waals surface area contributed by atoms with Crippen LogP contribution in [0.15, 0.2) is 12.4 Å². The number of aliphatic hydroxyl groups is 1. The fourth-order valence-electron chi connectivity index (χ4n) is 1.69. The Bertz CT molecular complexity index is 326. The third kappa shape index (κ3) is 4.58. The molecule has 0 aliphatic heterocycles. The van der Waals surface area contributed by atoms with Crippen molar-refractivity contribution >= 4 is 5.95 Å². The fraction of sp³-hybridized carbons (Fsp3) is 0.692. The lowest BCUT2D eigenvalue weighted by Gasteiger charge is -2.26. The highest BCUT2D eigenvalue weighted by Crippen LogP contribution is 2.11. The Morgan fingerprint density at radius 1 is 1.33 bits per heavy atom. The van der Waals surface area contributed by atoms with E-state index < -0.39 is 0 Å². The first-order chi connectivity index (χ1) is 8.69. The number of nitrogens with zero attached hydrogens (tertiary/aromatic N) is 3. The molecule has 0 aliphatic rings. The average molecular weight is 252 g/mol. The van der Waals surface area contributed by atoms with Crippen LogP contribution in [0.3, 0.4) is 0 Å². The summed E-state index contributed by atoms with van der Waals surface area (Å²) in [5.41, 5.74) is 1.09. The van der Waals surface area contributed by atoms with Crippen LogP contribution in [0.2, 0.25) is 0 Å². The number of aromatic nitrogens is 2. The third-order valence-corrected chi connectivity index (χ3v) is 2.71. The molecular weight excluding hydrogens is 228 g/mol. The van der Waals surface area contributed by atoms with Crippen LogP contribution in [-0.4, -0.2) is 40.8 Å². The van der Waals surface area contributed by atoms with E-state index in [-0.39, 0.29) is 6.61 Å². The number of aliphatic hydroxyl groups excluding tert-OH is 1. The minimum atomic E-state index is 0.196. The van der Waals surface area contributed by atoms with Crippen molar-refractivity contribution < 1.29 is 5.11 Å². The molecular formula is C13H24N4O. The predicted octanol–water partition coefficient (Wildman–Crippen LogP) is 1.18. The van der Waals surface area contributed by atoms with Gasteiger partial charge >= 0.3 is 0 Å². The van der Waals surface area contributed by atoms with Gasteiger partial charge in [0.25, 0.3) is 0 Å². The molecule has 1 aromatic heterocycles. The van der Waals surface area contributed by atoms with Gasteiger partial charge in [0.2, 0.25) is 5.95 Å². The summed E-state index contributed by atoms with van der Waals surface area (Å²) in [6, 6.07) is 0.330. The number of rotatable bonds is 8. The molecule has 0 unspecified atom stereocenters. The Hall–Kier alpha value is -1.20. The summed E-state index contributed by atoms with van der Waals surface area (Å²) >= 11 is 0. The second-order valence-electron chi connectivity index (χ2n) is 4.54. The van der Waals surface area contributed by atoms with Gasteiger partial charge in [-0.05, 0) is 26.8 Å². The van der Waals surface area contributed by atoms with Gasteiger partial charge in [0.05, 0.1) is 0 Å². The van der Waals surface area contributed by atoms with Gasteiger partial charge in [-0.3, -0.25) is 0 Å². The van der Waals surface area contributed by atoms with Crippen molar-refractivity contribution in [3.8, 4) is 0 Å². The molecule has 0 atom stereocenters. The van der Waals surface area contributed by atoms with Gasteiger partial charge in [-0.1, -0.05) is 6.92 Å². The zero-order valence-corrected chi connectivity index (χ0v) is 11.6. The van der Waals surface area contributed by atoms with E-state index in [1.165, 1.54) is 0 Å². The molecule has 1 aromatic rings. The van der Waals surface area contributed by atoms with Gasteiger partial charge in [-0.25, -0.2) is 9.97 Å². The van der Waals surface area contributed by atoms with E-state index in [0.29, 0.717) is 6.04 Å².